The number of benzene rings is 2. The highest BCUT2D eigenvalue weighted by atomic mass is 19.1. The van der Waals surface area contributed by atoms with E-state index in [0.717, 1.165) is 0 Å². The molecule has 0 spiro atoms. The molecule has 0 bridgehead atoms. The van der Waals surface area contributed by atoms with Gasteiger partial charge in [0.25, 0.3) is 5.91 Å². The normalized spacial score (nSPS) is 10.5. The van der Waals surface area contributed by atoms with Gasteiger partial charge in [0.1, 0.15) is 18.1 Å². The van der Waals surface area contributed by atoms with Crippen LogP contribution in [0.15, 0.2) is 59.4 Å². The molecule has 2 aromatic carbocycles. The molecule has 0 unspecified atom stereocenters. The molecule has 1 aromatic heterocycles. The lowest BCUT2D eigenvalue weighted by Gasteiger charge is -2.12. The Labute approximate surface area is 177 Å². The highest BCUT2D eigenvalue weighted by molar-refractivity contribution is 5.92. The molecule has 8 nitrogen and oxygen atoms in total. The van der Waals surface area contributed by atoms with Gasteiger partial charge in [-0.25, -0.2) is 9.07 Å². The van der Waals surface area contributed by atoms with Crippen LogP contribution in [-0.4, -0.2) is 35.3 Å². The predicted octanol–water partition coefficient (Wildman–Crippen LogP) is 2.19. The summed E-state index contributed by atoms with van der Waals surface area (Å²) in [5.41, 5.74) is 0.857. The number of carbonyl (C=O) groups excluding carboxylic acids is 2. The Morgan fingerprint density at radius 2 is 1.90 bits per heavy atom. The maximum atomic E-state index is 14.2. The molecule has 0 saturated heterocycles. The molecule has 3 rings (SSSR count). The van der Waals surface area contributed by atoms with Crippen LogP contribution in [0.2, 0.25) is 0 Å². The highest BCUT2D eigenvalue weighted by Gasteiger charge is 2.16. The number of nitrogens with one attached hydrogen (secondary N) is 2. The monoisotopic (exact) mass is 424 g/mol. The fourth-order valence-corrected chi connectivity index (χ4v) is 2.93. The zero-order valence-electron chi connectivity index (χ0n) is 17.0. The molecule has 31 heavy (non-hydrogen) atoms. The quantitative estimate of drug-likeness (QED) is 0.605. The zero-order chi connectivity index (χ0) is 22.4. The van der Waals surface area contributed by atoms with Gasteiger partial charge < -0.3 is 15.4 Å². The number of ether oxygens (including phenoxy) is 1. The average Bonchev–Trinajstić information content (AvgIpc) is 2.73. The van der Waals surface area contributed by atoms with Crippen molar-refractivity contribution < 1.29 is 18.7 Å². The third kappa shape index (κ3) is 5.40. The van der Waals surface area contributed by atoms with E-state index in [9.17, 15) is 18.8 Å². The van der Waals surface area contributed by atoms with Crippen molar-refractivity contribution >= 4 is 17.5 Å². The number of para-hydroxylation sites is 1. The molecule has 2 N–H and O–H groups in total. The van der Waals surface area contributed by atoms with E-state index < -0.39 is 17.2 Å². The first-order valence-electron chi connectivity index (χ1n) is 9.41. The number of aromatic nitrogens is 2. The van der Waals surface area contributed by atoms with Crippen molar-refractivity contribution in [2.75, 3.05) is 19.0 Å². The van der Waals surface area contributed by atoms with E-state index >= 15 is 0 Å². The first-order chi connectivity index (χ1) is 14.9. The van der Waals surface area contributed by atoms with Gasteiger partial charge in [0.15, 0.2) is 5.69 Å². The van der Waals surface area contributed by atoms with Gasteiger partial charge in [-0.3, -0.25) is 14.4 Å². The largest absolute Gasteiger partial charge is 0.375 e. The lowest BCUT2D eigenvalue weighted by Crippen LogP contribution is -2.31. The van der Waals surface area contributed by atoms with Gasteiger partial charge in [0.2, 0.25) is 11.3 Å². The van der Waals surface area contributed by atoms with Crippen LogP contribution in [0.1, 0.15) is 21.7 Å². The van der Waals surface area contributed by atoms with Gasteiger partial charge in [-0.15, -0.1) is 0 Å². The number of nitrogens with zero attached hydrogens (tertiary/aromatic N) is 2. The van der Waals surface area contributed by atoms with Crippen LogP contribution in [0.4, 0.5) is 10.1 Å². The Balaban J connectivity index is 1.77. The second-order valence-corrected chi connectivity index (χ2v) is 6.73. The lowest BCUT2D eigenvalue weighted by molar-refractivity contribution is -0.119. The molecule has 0 fully saturated rings. The number of carbonyl (C=O) groups is 2. The van der Waals surface area contributed by atoms with Crippen LogP contribution >= 0.6 is 0 Å². The molecule has 0 atom stereocenters. The summed E-state index contributed by atoms with van der Waals surface area (Å²) < 4.78 is 20.1. The number of rotatable bonds is 7. The van der Waals surface area contributed by atoms with E-state index in [0.29, 0.717) is 16.9 Å². The first-order valence-corrected chi connectivity index (χ1v) is 9.41. The van der Waals surface area contributed by atoms with E-state index in [4.69, 9.17) is 4.74 Å². The van der Waals surface area contributed by atoms with Crippen LogP contribution in [0.25, 0.3) is 5.69 Å². The predicted molar refractivity (Wildman–Crippen MR) is 113 cm³/mol. The molecular weight excluding hydrogens is 403 g/mol. The molecule has 1 heterocycles. The van der Waals surface area contributed by atoms with Gasteiger partial charge in [-0.2, -0.15) is 5.10 Å². The maximum Gasteiger partial charge on any atom is 0.276 e. The third-order valence-corrected chi connectivity index (χ3v) is 4.34. The Bertz CT molecular complexity index is 1180. The van der Waals surface area contributed by atoms with Crippen molar-refractivity contribution in [1.82, 2.24) is 15.1 Å². The number of halogens is 1. The summed E-state index contributed by atoms with van der Waals surface area (Å²) in [7, 11) is 1.42. The molecule has 0 radical (unpaired) electrons. The van der Waals surface area contributed by atoms with E-state index in [2.05, 4.69) is 15.7 Å². The molecule has 0 aliphatic rings. The van der Waals surface area contributed by atoms with E-state index in [1.54, 1.807) is 37.3 Å². The number of hydrogen-bond donors (Lipinski definition) is 2. The van der Waals surface area contributed by atoms with Crippen molar-refractivity contribution in [3.05, 3.63) is 87.6 Å². The average molecular weight is 424 g/mol. The molecule has 0 aliphatic carbocycles. The number of amides is 2. The van der Waals surface area contributed by atoms with Crippen LogP contribution in [0.3, 0.4) is 0 Å². The number of anilines is 1. The Morgan fingerprint density at radius 3 is 2.65 bits per heavy atom. The van der Waals surface area contributed by atoms with Gasteiger partial charge in [-0.05, 0) is 36.8 Å². The van der Waals surface area contributed by atoms with Crippen molar-refractivity contribution in [3.8, 4) is 5.69 Å². The minimum absolute atomic E-state index is 0.0751. The Kier molecular flexibility index (Phi) is 6.88. The number of hydrogen-bond acceptors (Lipinski definition) is 5. The third-order valence-electron chi connectivity index (χ3n) is 4.34. The summed E-state index contributed by atoms with van der Waals surface area (Å²) >= 11 is 0. The molecule has 9 heteroatoms. The standard InChI is InChI=1S/C22H21FN4O4/c1-14-10-19(28)21(26-27(14)18-9-4-3-8-17(18)23)22(30)24-12-15-6-5-7-16(11-15)25-20(29)13-31-2/h3-11H,12-13H2,1-2H3,(H,24,30)(H,25,29). The fourth-order valence-electron chi connectivity index (χ4n) is 2.93. The van der Waals surface area contributed by atoms with E-state index in [1.165, 1.54) is 36.1 Å². The van der Waals surface area contributed by atoms with Crippen molar-refractivity contribution in [1.29, 1.82) is 0 Å². The van der Waals surface area contributed by atoms with Crippen LogP contribution < -0.4 is 16.1 Å². The zero-order valence-corrected chi connectivity index (χ0v) is 17.0. The Hall–Kier alpha value is -3.85. The van der Waals surface area contributed by atoms with Crippen LogP contribution in [-0.2, 0) is 16.1 Å². The second kappa shape index (κ2) is 9.77. The smallest absolute Gasteiger partial charge is 0.276 e. The number of aryl methyl sites for hydroxylation is 1. The van der Waals surface area contributed by atoms with Gasteiger partial charge in [-0.1, -0.05) is 24.3 Å². The molecule has 2 amide bonds. The second-order valence-electron chi connectivity index (χ2n) is 6.73. The topological polar surface area (TPSA) is 102 Å². The minimum Gasteiger partial charge on any atom is -0.375 e. The van der Waals surface area contributed by atoms with Crippen molar-refractivity contribution in [3.63, 3.8) is 0 Å². The highest BCUT2D eigenvalue weighted by Crippen LogP contribution is 2.13. The summed E-state index contributed by atoms with van der Waals surface area (Å²) in [4.78, 5) is 36.5. The lowest BCUT2D eigenvalue weighted by atomic mass is 10.2. The van der Waals surface area contributed by atoms with Gasteiger partial charge in [0.05, 0.1) is 0 Å². The summed E-state index contributed by atoms with van der Waals surface area (Å²) in [5.74, 6) is -1.52. The van der Waals surface area contributed by atoms with E-state index in [1.807, 2.05) is 0 Å². The molecule has 0 saturated carbocycles. The summed E-state index contributed by atoms with van der Waals surface area (Å²) in [6, 6.07) is 14.1. The van der Waals surface area contributed by atoms with Gasteiger partial charge in [0, 0.05) is 31.1 Å². The molecule has 0 aliphatic heterocycles. The summed E-state index contributed by atoms with van der Waals surface area (Å²) in [6.45, 7) is 1.63. The van der Waals surface area contributed by atoms with Gasteiger partial charge >= 0.3 is 0 Å². The molecule has 160 valence electrons. The van der Waals surface area contributed by atoms with Crippen LogP contribution in [0.5, 0.6) is 0 Å². The van der Waals surface area contributed by atoms with E-state index in [-0.39, 0.29) is 30.4 Å². The maximum absolute atomic E-state index is 14.2. The van der Waals surface area contributed by atoms with Crippen LogP contribution in [0, 0.1) is 12.7 Å². The van der Waals surface area contributed by atoms with Crippen molar-refractivity contribution in [2.24, 2.45) is 0 Å². The molecular formula is C22H21FN4O4. The first kappa shape index (κ1) is 21.8. The summed E-state index contributed by atoms with van der Waals surface area (Å²) in [5, 5.41) is 9.37. The Morgan fingerprint density at radius 1 is 1.13 bits per heavy atom. The minimum atomic E-state index is -0.691. The molecule has 3 aromatic rings. The number of methoxy groups -OCH3 is 1. The van der Waals surface area contributed by atoms with Crippen molar-refractivity contribution in [2.45, 2.75) is 13.5 Å². The summed E-state index contributed by atoms with van der Waals surface area (Å²) in [6.07, 6.45) is 0. The fraction of sp³-hybridized carbons (Fsp3) is 0.182. The SMILES string of the molecule is COCC(=O)Nc1cccc(CNC(=O)c2nn(-c3ccccc3F)c(C)cc2=O)c1.